The third-order valence-electron chi connectivity index (χ3n) is 5.37. The lowest BCUT2D eigenvalue weighted by Gasteiger charge is -2.49. The standard InChI is InChI=1S/C17H24N2O/c1-18-16-6-5-14(20-2)10-15(16)13-7-8-19(17(18)9-13)11-12-3-4-12/h5-6,10,12-13,17H,3-4,7-9,11H2,1-2H3. The van der Waals surface area contributed by atoms with Crippen LogP contribution in [0.5, 0.6) is 5.75 Å². The fraction of sp³-hybridized carbons (Fsp3) is 0.647. The highest BCUT2D eigenvalue weighted by atomic mass is 16.5. The van der Waals surface area contributed by atoms with Gasteiger partial charge in [0, 0.05) is 25.8 Å². The summed E-state index contributed by atoms with van der Waals surface area (Å²) < 4.78 is 5.41. The quantitative estimate of drug-likeness (QED) is 0.841. The first-order chi connectivity index (χ1) is 9.76. The maximum absolute atomic E-state index is 5.41. The van der Waals surface area contributed by atoms with Gasteiger partial charge < -0.3 is 9.64 Å². The van der Waals surface area contributed by atoms with Crippen molar-refractivity contribution in [3.05, 3.63) is 23.8 Å². The molecular formula is C17H24N2O. The number of methoxy groups -OCH3 is 1. The number of hydrogen-bond donors (Lipinski definition) is 0. The van der Waals surface area contributed by atoms with Crippen molar-refractivity contribution in [2.45, 2.75) is 37.8 Å². The molecule has 1 aromatic rings. The summed E-state index contributed by atoms with van der Waals surface area (Å²) in [6.45, 7) is 2.57. The zero-order valence-corrected chi connectivity index (χ0v) is 12.5. The lowest BCUT2D eigenvalue weighted by atomic mass is 9.82. The number of anilines is 1. The first-order valence-corrected chi connectivity index (χ1v) is 7.91. The molecule has 4 rings (SSSR count). The first kappa shape index (κ1) is 12.5. The minimum Gasteiger partial charge on any atom is -0.497 e. The average Bonchev–Trinajstić information content (AvgIpc) is 3.30. The van der Waals surface area contributed by atoms with E-state index in [4.69, 9.17) is 4.74 Å². The molecule has 2 heterocycles. The van der Waals surface area contributed by atoms with Crippen molar-refractivity contribution in [1.29, 1.82) is 0 Å². The van der Waals surface area contributed by atoms with E-state index in [1.54, 1.807) is 7.11 Å². The number of hydrogen-bond acceptors (Lipinski definition) is 3. The molecule has 0 amide bonds. The van der Waals surface area contributed by atoms with E-state index in [0.717, 1.165) is 17.6 Å². The van der Waals surface area contributed by atoms with Crippen molar-refractivity contribution in [1.82, 2.24) is 4.90 Å². The number of rotatable bonds is 3. The molecule has 0 radical (unpaired) electrons. The van der Waals surface area contributed by atoms with Crippen LogP contribution < -0.4 is 9.64 Å². The molecule has 2 atom stereocenters. The predicted molar refractivity (Wildman–Crippen MR) is 81.5 cm³/mol. The van der Waals surface area contributed by atoms with E-state index >= 15 is 0 Å². The second-order valence-electron chi connectivity index (χ2n) is 6.68. The van der Waals surface area contributed by atoms with Crippen LogP contribution in [0.4, 0.5) is 5.69 Å². The molecular weight excluding hydrogens is 248 g/mol. The third kappa shape index (κ3) is 1.99. The molecule has 2 bridgehead atoms. The first-order valence-electron chi connectivity index (χ1n) is 7.91. The van der Waals surface area contributed by atoms with Gasteiger partial charge in [0.2, 0.25) is 0 Å². The van der Waals surface area contributed by atoms with Crippen molar-refractivity contribution >= 4 is 5.69 Å². The van der Waals surface area contributed by atoms with Gasteiger partial charge in [-0.25, -0.2) is 0 Å². The van der Waals surface area contributed by atoms with Crippen LogP contribution in [0, 0.1) is 5.92 Å². The molecule has 2 unspecified atom stereocenters. The van der Waals surface area contributed by atoms with Gasteiger partial charge in [0.15, 0.2) is 0 Å². The Labute approximate surface area is 121 Å². The molecule has 3 nitrogen and oxygen atoms in total. The number of benzene rings is 1. The monoisotopic (exact) mass is 272 g/mol. The summed E-state index contributed by atoms with van der Waals surface area (Å²) in [6.07, 6.45) is 6.09. The normalized spacial score (nSPS) is 29.2. The largest absolute Gasteiger partial charge is 0.497 e. The highest BCUT2D eigenvalue weighted by Gasteiger charge is 2.39. The molecule has 0 aromatic heterocycles. The summed E-state index contributed by atoms with van der Waals surface area (Å²) >= 11 is 0. The van der Waals surface area contributed by atoms with E-state index in [1.807, 2.05) is 0 Å². The predicted octanol–water partition coefficient (Wildman–Crippen LogP) is 3.06. The summed E-state index contributed by atoms with van der Waals surface area (Å²) in [7, 11) is 4.02. The van der Waals surface area contributed by atoms with Crippen LogP contribution in [0.15, 0.2) is 18.2 Å². The second kappa shape index (κ2) is 4.66. The molecule has 1 aromatic carbocycles. The Bertz CT molecular complexity index is 512. The topological polar surface area (TPSA) is 15.7 Å². The molecule has 108 valence electrons. The van der Waals surface area contributed by atoms with Crippen LogP contribution in [0.25, 0.3) is 0 Å². The van der Waals surface area contributed by atoms with E-state index < -0.39 is 0 Å². The summed E-state index contributed by atoms with van der Waals surface area (Å²) in [5, 5.41) is 0. The maximum atomic E-state index is 5.41. The lowest BCUT2D eigenvalue weighted by Crippen LogP contribution is -2.54. The highest BCUT2D eigenvalue weighted by molar-refractivity contribution is 5.60. The van der Waals surface area contributed by atoms with Gasteiger partial charge in [0.1, 0.15) is 5.75 Å². The third-order valence-corrected chi connectivity index (χ3v) is 5.37. The number of nitrogens with zero attached hydrogens (tertiary/aromatic N) is 2. The fourth-order valence-electron chi connectivity index (χ4n) is 3.99. The minimum absolute atomic E-state index is 0.607. The second-order valence-corrected chi connectivity index (χ2v) is 6.68. The Hall–Kier alpha value is -1.22. The van der Waals surface area contributed by atoms with Gasteiger partial charge in [0.25, 0.3) is 0 Å². The fourth-order valence-corrected chi connectivity index (χ4v) is 3.99. The molecule has 0 spiro atoms. The Morgan fingerprint density at radius 1 is 1.25 bits per heavy atom. The van der Waals surface area contributed by atoms with Crippen LogP contribution in [-0.4, -0.2) is 38.3 Å². The van der Waals surface area contributed by atoms with Crippen LogP contribution in [-0.2, 0) is 0 Å². The molecule has 3 aliphatic rings. The molecule has 2 fully saturated rings. The average molecular weight is 272 g/mol. The summed E-state index contributed by atoms with van der Waals surface area (Å²) in [6, 6.07) is 6.60. The number of likely N-dealkylation sites (tertiary alicyclic amines) is 1. The van der Waals surface area contributed by atoms with Crippen LogP contribution in [0.2, 0.25) is 0 Å². The van der Waals surface area contributed by atoms with Gasteiger partial charge in [-0.2, -0.15) is 0 Å². The van der Waals surface area contributed by atoms with Gasteiger partial charge in [0.05, 0.1) is 13.3 Å². The van der Waals surface area contributed by atoms with Crippen molar-refractivity contribution in [3.8, 4) is 5.75 Å². The number of ether oxygens (including phenoxy) is 1. The highest BCUT2D eigenvalue weighted by Crippen LogP contribution is 2.45. The van der Waals surface area contributed by atoms with Crippen LogP contribution >= 0.6 is 0 Å². The van der Waals surface area contributed by atoms with Crippen LogP contribution in [0.3, 0.4) is 0 Å². The molecule has 20 heavy (non-hydrogen) atoms. The SMILES string of the molecule is COc1ccc2c(c1)C1CCN(CC3CC3)C(C1)N2C. The zero-order valence-electron chi connectivity index (χ0n) is 12.5. The van der Waals surface area contributed by atoms with Gasteiger partial charge in [-0.1, -0.05) is 0 Å². The smallest absolute Gasteiger partial charge is 0.119 e. The van der Waals surface area contributed by atoms with E-state index in [2.05, 4.69) is 35.0 Å². The maximum Gasteiger partial charge on any atom is 0.119 e. The zero-order chi connectivity index (χ0) is 13.7. The van der Waals surface area contributed by atoms with Crippen molar-refractivity contribution in [3.63, 3.8) is 0 Å². The molecule has 1 saturated carbocycles. The molecule has 1 saturated heterocycles. The van der Waals surface area contributed by atoms with E-state index in [0.29, 0.717) is 6.17 Å². The van der Waals surface area contributed by atoms with E-state index in [1.165, 1.54) is 50.0 Å². The summed E-state index contributed by atoms with van der Waals surface area (Å²) in [5.74, 6) is 2.70. The number of fused-ring (bicyclic) bond motifs is 4. The van der Waals surface area contributed by atoms with Crippen molar-refractivity contribution in [2.24, 2.45) is 5.92 Å². The van der Waals surface area contributed by atoms with Gasteiger partial charge >= 0.3 is 0 Å². The van der Waals surface area contributed by atoms with Crippen molar-refractivity contribution in [2.75, 3.05) is 32.1 Å². The van der Waals surface area contributed by atoms with Gasteiger partial charge in [-0.05, 0) is 61.3 Å². The minimum atomic E-state index is 0.607. The molecule has 1 aliphatic carbocycles. The summed E-state index contributed by atoms with van der Waals surface area (Å²) in [5.41, 5.74) is 2.90. The molecule has 0 N–H and O–H groups in total. The summed E-state index contributed by atoms with van der Waals surface area (Å²) in [4.78, 5) is 5.22. The number of piperidine rings is 1. The van der Waals surface area contributed by atoms with E-state index in [9.17, 15) is 0 Å². The Morgan fingerprint density at radius 3 is 2.85 bits per heavy atom. The van der Waals surface area contributed by atoms with Gasteiger partial charge in [-0.3, -0.25) is 4.90 Å². The van der Waals surface area contributed by atoms with Gasteiger partial charge in [-0.15, -0.1) is 0 Å². The Morgan fingerprint density at radius 2 is 2.10 bits per heavy atom. The Balaban J connectivity index is 1.64. The molecule has 2 aliphatic heterocycles. The van der Waals surface area contributed by atoms with Crippen LogP contribution in [0.1, 0.15) is 37.2 Å². The molecule has 3 heteroatoms. The van der Waals surface area contributed by atoms with Crippen molar-refractivity contribution < 1.29 is 4.74 Å². The Kier molecular flexibility index (Phi) is 2.92. The van der Waals surface area contributed by atoms with E-state index in [-0.39, 0.29) is 0 Å². The lowest BCUT2D eigenvalue weighted by molar-refractivity contribution is 0.121.